The number of halogens is 1. The summed E-state index contributed by atoms with van der Waals surface area (Å²) in [5.41, 5.74) is 0.266. The second-order valence-corrected chi connectivity index (χ2v) is 5.56. The molecule has 0 aliphatic heterocycles. The second kappa shape index (κ2) is 6.85. The predicted octanol–water partition coefficient (Wildman–Crippen LogP) is 2.75. The lowest BCUT2D eigenvalue weighted by molar-refractivity contribution is 0.103. The first-order valence-electron chi connectivity index (χ1n) is 7.20. The van der Waals surface area contributed by atoms with Gasteiger partial charge in [-0.2, -0.15) is 0 Å². The second-order valence-electron chi connectivity index (χ2n) is 5.56. The van der Waals surface area contributed by atoms with Crippen LogP contribution in [0.3, 0.4) is 0 Å². The maximum absolute atomic E-state index is 13.9. The molecule has 1 N–H and O–H groups in total. The van der Waals surface area contributed by atoms with Gasteiger partial charge >= 0.3 is 0 Å². The number of aromatic nitrogens is 1. The molecule has 1 heterocycles. The van der Waals surface area contributed by atoms with E-state index in [9.17, 15) is 4.39 Å². The van der Waals surface area contributed by atoms with Crippen LogP contribution in [-0.2, 0) is 4.74 Å². The van der Waals surface area contributed by atoms with E-state index in [1.807, 2.05) is 0 Å². The molecule has 6 heteroatoms. The maximum atomic E-state index is 13.9. The number of aliphatic imine (C=N–C) groups is 2. The van der Waals surface area contributed by atoms with E-state index in [-0.39, 0.29) is 11.7 Å². The van der Waals surface area contributed by atoms with Gasteiger partial charge < -0.3 is 14.6 Å². The Hall–Kier alpha value is -1.69. The van der Waals surface area contributed by atoms with E-state index in [0.717, 1.165) is 25.7 Å². The Kier molecular flexibility index (Phi) is 5.12. The molecule has 1 aliphatic rings. The molecule has 116 valence electrons. The van der Waals surface area contributed by atoms with E-state index in [4.69, 9.17) is 4.74 Å². The van der Waals surface area contributed by atoms with Gasteiger partial charge in [-0.15, -0.1) is 0 Å². The Morgan fingerprint density at radius 3 is 2.57 bits per heavy atom. The van der Waals surface area contributed by atoms with Crippen LogP contribution in [0.1, 0.15) is 31.2 Å². The molecule has 0 unspecified atom stereocenters. The van der Waals surface area contributed by atoms with Crippen LogP contribution in [0.25, 0.3) is 0 Å². The molecule has 21 heavy (non-hydrogen) atoms. The highest BCUT2D eigenvalue weighted by Crippen LogP contribution is 2.27. The van der Waals surface area contributed by atoms with E-state index in [0.29, 0.717) is 17.8 Å². The molecular weight excluding hydrogens is 271 g/mol. The summed E-state index contributed by atoms with van der Waals surface area (Å²) in [5.74, 6) is 0.236. The lowest BCUT2D eigenvalue weighted by Gasteiger charge is -2.32. The fourth-order valence-electron chi connectivity index (χ4n) is 2.78. The quantitative estimate of drug-likeness (QED) is 0.686. The molecule has 1 aromatic rings. The molecule has 1 aliphatic carbocycles. The van der Waals surface area contributed by atoms with Crippen LogP contribution in [0.4, 0.5) is 10.2 Å². The molecular formula is C15H23FN4O. The van der Waals surface area contributed by atoms with Gasteiger partial charge in [0.05, 0.1) is 0 Å². The van der Waals surface area contributed by atoms with Gasteiger partial charge in [-0.1, -0.05) is 0 Å². The van der Waals surface area contributed by atoms with Crippen molar-refractivity contribution in [2.24, 2.45) is 9.98 Å². The van der Waals surface area contributed by atoms with Gasteiger partial charge in [0.25, 0.3) is 0 Å². The van der Waals surface area contributed by atoms with Crippen molar-refractivity contribution in [2.75, 3.05) is 21.1 Å². The van der Waals surface area contributed by atoms with Crippen LogP contribution in [0.15, 0.2) is 16.2 Å². The number of rotatable bonds is 4. The fraction of sp³-hybridized carbons (Fsp3) is 0.600. The zero-order chi connectivity index (χ0) is 15.4. The van der Waals surface area contributed by atoms with E-state index >= 15 is 0 Å². The fourth-order valence-corrected chi connectivity index (χ4v) is 2.78. The van der Waals surface area contributed by atoms with Crippen LogP contribution in [-0.4, -0.2) is 55.8 Å². The van der Waals surface area contributed by atoms with Gasteiger partial charge in [-0.3, -0.25) is 4.99 Å². The lowest BCUT2D eigenvalue weighted by atomic mass is 9.92. The van der Waals surface area contributed by atoms with Crippen molar-refractivity contribution in [3.8, 4) is 0 Å². The third kappa shape index (κ3) is 3.50. The molecule has 1 fully saturated rings. The number of nitrogens with one attached hydrogen (secondary N) is 1. The number of H-pyrrole nitrogens is 1. The molecule has 0 amide bonds. The predicted molar refractivity (Wildman–Crippen MR) is 83.2 cm³/mol. The zero-order valence-electron chi connectivity index (χ0n) is 12.9. The Morgan fingerprint density at radius 2 is 2.05 bits per heavy atom. The highest BCUT2D eigenvalue weighted by molar-refractivity contribution is 5.98. The summed E-state index contributed by atoms with van der Waals surface area (Å²) in [6.45, 7) is 3.43. The standard InChI is InChI=1S/C15H23FN4O/c1-17-14-13(12(16)9-19-14)15(18-2)21-11-7-5-10(6-8-11)20(3)4/h9-11,19H,1,5-8H2,2-4H3/b18-15+/t10-,11-. The minimum Gasteiger partial charge on any atom is -0.474 e. The van der Waals surface area contributed by atoms with Gasteiger partial charge in [0.1, 0.15) is 17.5 Å². The minimum absolute atomic E-state index is 0.0758. The van der Waals surface area contributed by atoms with Gasteiger partial charge in [-0.25, -0.2) is 9.38 Å². The van der Waals surface area contributed by atoms with Crippen molar-refractivity contribution in [3.63, 3.8) is 0 Å². The first-order chi connectivity index (χ1) is 10.1. The molecule has 5 nitrogen and oxygen atoms in total. The average Bonchev–Trinajstić information content (AvgIpc) is 2.86. The molecule has 0 spiro atoms. The molecule has 1 aromatic heterocycles. The van der Waals surface area contributed by atoms with Crippen molar-refractivity contribution in [1.82, 2.24) is 9.88 Å². The van der Waals surface area contributed by atoms with Gasteiger partial charge in [0.15, 0.2) is 5.82 Å². The largest absolute Gasteiger partial charge is 0.474 e. The summed E-state index contributed by atoms with van der Waals surface area (Å²) in [4.78, 5) is 12.8. The van der Waals surface area contributed by atoms with Crippen molar-refractivity contribution < 1.29 is 9.13 Å². The number of nitrogens with zero attached hydrogens (tertiary/aromatic N) is 3. The summed E-state index contributed by atoms with van der Waals surface area (Å²) in [7, 11) is 5.80. The summed E-state index contributed by atoms with van der Waals surface area (Å²) in [6, 6.07) is 0.598. The van der Waals surface area contributed by atoms with Gasteiger partial charge in [0, 0.05) is 19.3 Å². The number of ether oxygens (including phenoxy) is 1. The van der Waals surface area contributed by atoms with E-state index in [1.54, 1.807) is 7.05 Å². The molecule has 0 aromatic carbocycles. The number of aromatic amines is 1. The Morgan fingerprint density at radius 1 is 1.38 bits per heavy atom. The number of hydrogen-bond donors (Lipinski definition) is 1. The highest BCUT2D eigenvalue weighted by atomic mass is 19.1. The van der Waals surface area contributed by atoms with Gasteiger partial charge in [-0.05, 0) is 46.5 Å². The molecule has 0 bridgehead atoms. The molecule has 2 rings (SSSR count). The zero-order valence-corrected chi connectivity index (χ0v) is 12.9. The molecule has 1 saturated carbocycles. The van der Waals surface area contributed by atoms with E-state index in [1.165, 1.54) is 6.20 Å². The topological polar surface area (TPSA) is 53.0 Å². The van der Waals surface area contributed by atoms with Crippen LogP contribution >= 0.6 is 0 Å². The normalized spacial score (nSPS) is 23.4. The summed E-state index contributed by atoms with van der Waals surface area (Å²) < 4.78 is 19.8. The van der Waals surface area contributed by atoms with Crippen LogP contribution in [0, 0.1) is 5.82 Å². The lowest BCUT2D eigenvalue weighted by Crippen LogP contribution is -2.35. The van der Waals surface area contributed by atoms with E-state index < -0.39 is 5.82 Å². The minimum atomic E-state index is -0.417. The third-order valence-corrected chi connectivity index (χ3v) is 4.04. The summed E-state index contributed by atoms with van der Waals surface area (Å²) >= 11 is 0. The van der Waals surface area contributed by atoms with Gasteiger partial charge in [0.2, 0.25) is 5.90 Å². The van der Waals surface area contributed by atoms with Crippen molar-refractivity contribution in [3.05, 3.63) is 17.6 Å². The summed E-state index contributed by atoms with van der Waals surface area (Å²) in [5, 5.41) is 0. The highest BCUT2D eigenvalue weighted by Gasteiger charge is 2.26. The van der Waals surface area contributed by atoms with Crippen LogP contribution in [0.5, 0.6) is 0 Å². The van der Waals surface area contributed by atoms with Crippen LogP contribution < -0.4 is 0 Å². The molecule has 0 atom stereocenters. The SMILES string of the molecule is C=Nc1[nH]cc(F)c1/C(=N\C)O[C@H]1CC[C@H](N(C)C)CC1. The van der Waals surface area contributed by atoms with Crippen molar-refractivity contribution in [1.29, 1.82) is 0 Å². The Labute approximate surface area is 124 Å². The molecule has 0 radical (unpaired) electrons. The van der Waals surface area contributed by atoms with Crippen molar-refractivity contribution in [2.45, 2.75) is 37.8 Å². The van der Waals surface area contributed by atoms with Crippen LogP contribution in [0.2, 0.25) is 0 Å². The van der Waals surface area contributed by atoms with Crippen molar-refractivity contribution >= 4 is 18.4 Å². The average molecular weight is 294 g/mol. The first-order valence-corrected chi connectivity index (χ1v) is 7.20. The monoisotopic (exact) mass is 294 g/mol. The number of hydrogen-bond acceptors (Lipinski definition) is 4. The Balaban J connectivity index is 2.04. The summed E-state index contributed by atoms with van der Waals surface area (Å²) in [6.07, 6.45) is 5.38. The Bertz CT molecular complexity index is 516. The first kappa shape index (κ1) is 15.7. The maximum Gasteiger partial charge on any atom is 0.222 e. The third-order valence-electron chi connectivity index (χ3n) is 4.04. The van der Waals surface area contributed by atoms with E-state index in [2.05, 4.69) is 40.7 Å². The smallest absolute Gasteiger partial charge is 0.222 e. The molecule has 0 saturated heterocycles.